The molecule has 0 radical (unpaired) electrons. The van der Waals surface area contributed by atoms with Gasteiger partial charge in [0.1, 0.15) is 0 Å². The average molecular weight is 289 g/mol. The van der Waals surface area contributed by atoms with Gasteiger partial charge in [-0.15, -0.1) is 0 Å². The molecule has 0 saturated heterocycles. The Morgan fingerprint density at radius 2 is 2.05 bits per heavy atom. The number of hydrogen-bond acceptors (Lipinski definition) is 2. The molecule has 1 aromatic rings. The first-order chi connectivity index (χ1) is 9.96. The van der Waals surface area contributed by atoms with Gasteiger partial charge in [-0.25, -0.2) is 0 Å². The maximum atomic E-state index is 12.3. The Labute approximate surface area is 125 Å². The van der Waals surface area contributed by atoms with Crippen LogP contribution in [0.1, 0.15) is 51.1 Å². The minimum Gasteiger partial charge on any atom is -0.481 e. The number of nitrogens with one attached hydrogen (secondary N) is 1. The standard InChI is InChI=1S/C17H23NO3/c1-3-17(2)11-13(17)16(21)18-14(9-10-15(19)20)12-7-5-4-6-8-12/h4-8,13-14H,3,9-11H2,1-2H3,(H,18,21)(H,19,20). The second-order valence-corrected chi connectivity index (χ2v) is 6.17. The normalized spacial score (nSPS) is 25.1. The number of carbonyl (C=O) groups is 2. The van der Waals surface area contributed by atoms with Gasteiger partial charge in [-0.05, 0) is 30.2 Å². The van der Waals surface area contributed by atoms with Crippen molar-refractivity contribution in [1.82, 2.24) is 5.32 Å². The molecule has 21 heavy (non-hydrogen) atoms. The minimum atomic E-state index is -0.838. The summed E-state index contributed by atoms with van der Waals surface area (Å²) in [7, 11) is 0. The molecule has 1 saturated carbocycles. The van der Waals surface area contributed by atoms with Gasteiger partial charge in [0, 0.05) is 12.3 Å². The number of amides is 1. The highest BCUT2D eigenvalue weighted by molar-refractivity contribution is 5.83. The summed E-state index contributed by atoms with van der Waals surface area (Å²) in [6, 6.07) is 9.36. The van der Waals surface area contributed by atoms with Crippen LogP contribution in [0.5, 0.6) is 0 Å². The van der Waals surface area contributed by atoms with E-state index in [0.717, 1.165) is 18.4 Å². The van der Waals surface area contributed by atoms with Crippen LogP contribution in [-0.2, 0) is 9.59 Å². The fourth-order valence-corrected chi connectivity index (χ4v) is 2.75. The van der Waals surface area contributed by atoms with E-state index in [1.54, 1.807) is 0 Å². The molecule has 0 bridgehead atoms. The molecule has 4 heteroatoms. The van der Waals surface area contributed by atoms with Crippen LogP contribution < -0.4 is 5.32 Å². The van der Waals surface area contributed by atoms with Gasteiger partial charge in [0.15, 0.2) is 0 Å². The molecule has 3 unspecified atom stereocenters. The topological polar surface area (TPSA) is 66.4 Å². The average Bonchev–Trinajstić information content (AvgIpc) is 3.17. The van der Waals surface area contributed by atoms with Gasteiger partial charge in [-0.3, -0.25) is 9.59 Å². The van der Waals surface area contributed by atoms with Crippen molar-refractivity contribution < 1.29 is 14.7 Å². The molecule has 1 amide bonds. The molecule has 1 aliphatic carbocycles. The maximum Gasteiger partial charge on any atom is 0.303 e. The zero-order valence-corrected chi connectivity index (χ0v) is 12.6. The van der Waals surface area contributed by atoms with Crippen molar-refractivity contribution in [2.75, 3.05) is 0 Å². The van der Waals surface area contributed by atoms with Crippen molar-refractivity contribution in [2.45, 2.75) is 45.6 Å². The van der Waals surface area contributed by atoms with Gasteiger partial charge in [0.2, 0.25) is 5.91 Å². The highest BCUT2D eigenvalue weighted by atomic mass is 16.4. The number of hydrogen-bond donors (Lipinski definition) is 2. The quantitative estimate of drug-likeness (QED) is 0.810. The van der Waals surface area contributed by atoms with E-state index < -0.39 is 5.97 Å². The second kappa shape index (κ2) is 6.29. The van der Waals surface area contributed by atoms with Crippen LogP contribution in [-0.4, -0.2) is 17.0 Å². The monoisotopic (exact) mass is 289 g/mol. The molecule has 0 aromatic heterocycles. The summed E-state index contributed by atoms with van der Waals surface area (Å²) in [4.78, 5) is 23.2. The molecule has 114 valence electrons. The van der Waals surface area contributed by atoms with Crippen molar-refractivity contribution in [2.24, 2.45) is 11.3 Å². The zero-order chi connectivity index (χ0) is 15.5. The predicted octanol–water partition coefficient (Wildman–Crippen LogP) is 3.14. The van der Waals surface area contributed by atoms with Crippen LogP contribution in [0.25, 0.3) is 0 Å². The first kappa shape index (κ1) is 15.5. The van der Waals surface area contributed by atoms with Crippen LogP contribution in [0.2, 0.25) is 0 Å². The van der Waals surface area contributed by atoms with Gasteiger partial charge in [0.25, 0.3) is 0 Å². The van der Waals surface area contributed by atoms with E-state index in [-0.39, 0.29) is 29.7 Å². The number of rotatable bonds is 7. The van der Waals surface area contributed by atoms with Crippen molar-refractivity contribution in [3.63, 3.8) is 0 Å². The third-order valence-corrected chi connectivity index (χ3v) is 4.64. The molecule has 0 spiro atoms. The Balaban J connectivity index is 2.03. The molecular formula is C17H23NO3. The molecule has 1 fully saturated rings. The van der Waals surface area contributed by atoms with Gasteiger partial charge < -0.3 is 10.4 Å². The predicted molar refractivity (Wildman–Crippen MR) is 80.7 cm³/mol. The maximum absolute atomic E-state index is 12.3. The first-order valence-corrected chi connectivity index (χ1v) is 7.53. The van der Waals surface area contributed by atoms with E-state index in [1.807, 2.05) is 30.3 Å². The summed E-state index contributed by atoms with van der Waals surface area (Å²) >= 11 is 0. The second-order valence-electron chi connectivity index (χ2n) is 6.17. The fourth-order valence-electron chi connectivity index (χ4n) is 2.75. The zero-order valence-electron chi connectivity index (χ0n) is 12.6. The molecule has 1 aliphatic rings. The van der Waals surface area contributed by atoms with E-state index in [1.165, 1.54) is 0 Å². The van der Waals surface area contributed by atoms with E-state index in [9.17, 15) is 9.59 Å². The number of carboxylic acids is 1. The Morgan fingerprint density at radius 3 is 2.57 bits per heavy atom. The molecule has 3 atom stereocenters. The van der Waals surface area contributed by atoms with Gasteiger partial charge in [-0.2, -0.15) is 0 Å². The van der Waals surface area contributed by atoms with Gasteiger partial charge in [-0.1, -0.05) is 44.2 Å². The van der Waals surface area contributed by atoms with Crippen molar-refractivity contribution >= 4 is 11.9 Å². The SMILES string of the molecule is CCC1(C)CC1C(=O)NC(CCC(=O)O)c1ccccc1. The highest BCUT2D eigenvalue weighted by Gasteiger charge is 2.53. The lowest BCUT2D eigenvalue weighted by Gasteiger charge is -2.19. The smallest absolute Gasteiger partial charge is 0.303 e. The van der Waals surface area contributed by atoms with Crippen LogP contribution in [0.3, 0.4) is 0 Å². The summed E-state index contributed by atoms with van der Waals surface area (Å²) in [5.74, 6) is -0.716. The Kier molecular flexibility index (Phi) is 4.66. The Morgan fingerprint density at radius 1 is 1.38 bits per heavy atom. The molecule has 1 aromatic carbocycles. The van der Waals surface area contributed by atoms with E-state index in [0.29, 0.717) is 6.42 Å². The third kappa shape index (κ3) is 3.84. The molecular weight excluding hydrogens is 266 g/mol. The lowest BCUT2D eigenvalue weighted by molar-refractivity contribution is -0.137. The number of benzene rings is 1. The number of aliphatic carboxylic acids is 1. The van der Waals surface area contributed by atoms with Crippen molar-refractivity contribution in [3.8, 4) is 0 Å². The van der Waals surface area contributed by atoms with Crippen LogP contribution in [0, 0.1) is 11.3 Å². The third-order valence-electron chi connectivity index (χ3n) is 4.64. The fraction of sp³-hybridized carbons (Fsp3) is 0.529. The first-order valence-electron chi connectivity index (χ1n) is 7.53. The molecule has 2 rings (SSSR count). The highest BCUT2D eigenvalue weighted by Crippen LogP contribution is 2.54. The molecule has 2 N–H and O–H groups in total. The van der Waals surface area contributed by atoms with Crippen LogP contribution in [0.15, 0.2) is 30.3 Å². The Hall–Kier alpha value is -1.84. The van der Waals surface area contributed by atoms with Gasteiger partial charge >= 0.3 is 5.97 Å². The van der Waals surface area contributed by atoms with E-state index in [4.69, 9.17) is 5.11 Å². The minimum absolute atomic E-state index is 0.0511. The van der Waals surface area contributed by atoms with Crippen molar-refractivity contribution in [3.05, 3.63) is 35.9 Å². The van der Waals surface area contributed by atoms with Crippen molar-refractivity contribution in [1.29, 1.82) is 0 Å². The van der Waals surface area contributed by atoms with E-state index in [2.05, 4.69) is 19.2 Å². The van der Waals surface area contributed by atoms with Gasteiger partial charge in [0.05, 0.1) is 6.04 Å². The summed E-state index contributed by atoms with van der Waals surface area (Å²) in [6.07, 6.45) is 2.39. The lowest BCUT2D eigenvalue weighted by atomic mass is 10.00. The van der Waals surface area contributed by atoms with Crippen LogP contribution >= 0.6 is 0 Å². The van der Waals surface area contributed by atoms with Crippen LogP contribution in [0.4, 0.5) is 0 Å². The summed E-state index contributed by atoms with van der Waals surface area (Å²) in [5.41, 5.74) is 1.09. The summed E-state index contributed by atoms with van der Waals surface area (Å²) < 4.78 is 0. The molecule has 0 heterocycles. The Bertz CT molecular complexity index is 514. The number of carboxylic acid groups (broad SMARTS) is 1. The van der Waals surface area contributed by atoms with E-state index >= 15 is 0 Å². The largest absolute Gasteiger partial charge is 0.481 e. The summed E-state index contributed by atoms with van der Waals surface area (Å²) in [5, 5.41) is 11.9. The number of carbonyl (C=O) groups excluding carboxylic acids is 1. The molecule has 4 nitrogen and oxygen atoms in total. The lowest BCUT2D eigenvalue weighted by Crippen LogP contribution is -2.31. The summed E-state index contributed by atoms with van der Waals surface area (Å²) in [6.45, 7) is 4.23. The molecule has 0 aliphatic heterocycles.